The van der Waals surface area contributed by atoms with E-state index >= 15 is 0 Å². The van der Waals surface area contributed by atoms with Crippen LogP contribution in [0.2, 0.25) is 0 Å². The number of aromatic nitrogens is 3. The Labute approximate surface area is 156 Å². The first-order chi connectivity index (χ1) is 12.0. The van der Waals surface area contributed by atoms with Gasteiger partial charge in [-0.3, -0.25) is 4.79 Å². The van der Waals surface area contributed by atoms with E-state index < -0.39 is 0 Å². The standard InChI is InChI=1S/C17H25N5OS2/c1-10-6-4-7-13(11(10)2)19-16(23)12(3)25-17-21-20-15(22(17)18)14-8-5-9-24-14/h5,8-13H,4,6-7,18H2,1-3H3,(H,19,23)/t10-,11-,12-,13+/m1/s1. The molecular weight excluding hydrogens is 354 g/mol. The maximum absolute atomic E-state index is 12.6. The number of nitrogens with zero attached hydrogens (tertiary/aromatic N) is 3. The highest BCUT2D eigenvalue weighted by atomic mass is 32.2. The number of nitrogen functional groups attached to an aromatic ring is 1. The molecule has 1 aliphatic rings. The summed E-state index contributed by atoms with van der Waals surface area (Å²) < 4.78 is 1.46. The van der Waals surface area contributed by atoms with E-state index in [9.17, 15) is 4.79 Å². The first-order valence-electron chi connectivity index (χ1n) is 8.68. The van der Waals surface area contributed by atoms with Gasteiger partial charge in [-0.15, -0.1) is 21.5 Å². The van der Waals surface area contributed by atoms with Crippen LogP contribution in [-0.4, -0.2) is 32.1 Å². The monoisotopic (exact) mass is 379 g/mol. The molecule has 0 aromatic carbocycles. The van der Waals surface area contributed by atoms with E-state index in [0.29, 0.717) is 22.8 Å². The molecule has 1 fully saturated rings. The number of rotatable bonds is 5. The van der Waals surface area contributed by atoms with E-state index in [2.05, 4.69) is 29.4 Å². The minimum absolute atomic E-state index is 0.0385. The van der Waals surface area contributed by atoms with Crippen molar-refractivity contribution in [2.24, 2.45) is 11.8 Å². The third-order valence-electron chi connectivity index (χ3n) is 5.09. The average molecular weight is 380 g/mol. The molecule has 0 unspecified atom stereocenters. The molecular formula is C17H25N5OS2. The third kappa shape index (κ3) is 4.00. The predicted octanol–water partition coefficient (Wildman–Crippen LogP) is 3.14. The molecule has 1 saturated carbocycles. The van der Waals surface area contributed by atoms with Crippen molar-refractivity contribution in [2.75, 3.05) is 5.84 Å². The number of carbonyl (C=O) groups is 1. The Kier molecular flexibility index (Phi) is 5.68. The molecule has 6 nitrogen and oxygen atoms in total. The van der Waals surface area contributed by atoms with Crippen molar-refractivity contribution in [1.82, 2.24) is 20.2 Å². The minimum Gasteiger partial charge on any atom is -0.352 e. The average Bonchev–Trinajstić information content (AvgIpc) is 3.22. The molecule has 0 spiro atoms. The van der Waals surface area contributed by atoms with Crippen LogP contribution < -0.4 is 11.2 Å². The Morgan fingerprint density at radius 2 is 2.24 bits per heavy atom. The van der Waals surface area contributed by atoms with E-state index in [0.717, 1.165) is 11.3 Å². The molecule has 0 radical (unpaired) electrons. The molecule has 25 heavy (non-hydrogen) atoms. The van der Waals surface area contributed by atoms with Gasteiger partial charge in [-0.25, -0.2) is 4.68 Å². The summed E-state index contributed by atoms with van der Waals surface area (Å²) in [6.45, 7) is 6.39. The van der Waals surface area contributed by atoms with Crippen LogP contribution in [0.5, 0.6) is 0 Å². The summed E-state index contributed by atoms with van der Waals surface area (Å²) in [7, 11) is 0. The van der Waals surface area contributed by atoms with Gasteiger partial charge in [0.1, 0.15) is 0 Å². The molecule has 0 saturated heterocycles. The Bertz CT molecular complexity index is 715. The van der Waals surface area contributed by atoms with Gasteiger partial charge in [0.25, 0.3) is 0 Å². The van der Waals surface area contributed by atoms with Gasteiger partial charge in [0.15, 0.2) is 5.82 Å². The molecule has 0 bridgehead atoms. The Balaban J connectivity index is 1.62. The molecule has 2 aromatic rings. The summed E-state index contributed by atoms with van der Waals surface area (Å²) >= 11 is 2.90. The summed E-state index contributed by atoms with van der Waals surface area (Å²) in [5, 5.41) is 13.8. The van der Waals surface area contributed by atoms with Crippen molar-refractivity contribution in [3.63, 3.8) is 0 Å². The SMILES string of the molecule is C[C@@H]1[C@H](C)CCC[C@@H]1NC(=O)[C@@H](C)Sc1nnc(-c2cccs2)n1N. The second-order valence-corrected chi connectivity index (χ2v) is 9.05. The van der Waals surface area contributed by atoms with Gasteiger partial charge in [-0.2, -0.15) is 0 Å². The lowest BCUT2D eigenvalue weighted by molar-refractivity contribution is -0.121. The van der Waals surface area contributed by atoms with Gasteiger partial charge in [0, 0.05) is 6.04 Å². The molecule has 1 amide bonds. The van der Waals surface area contributed by atoms with Crippen LogP contribution in [0.15, 0.2) is 22.7 Å². The molecule has 2 heterocycles. The third-order valence-corrected chi connectivity index (χ3v) is 7.01. The quantitative estimate of drug-likeness (QED) is 0.616. The summed E-state index contributed by atoms with van der Waals surface area (Å²) in [6.07, 6.45) is 3.49. The second-order valence-electron chi connectivity index (χ2n) is 6.80. The van der Waals surface area contributed by atoms with Crippen molar-refractivity contribution < 1.29 is 4.79 Å². The van der Waals surface area contributed by atoms with Crippen molar-refractivity contribution in [2.45, 2.75) is 56.5 Å². The summed E-state index contributed by atoms with van der Waals surface area (Å²) in [5.41, 5.74) is 0. The molecule has 8 heteroatoms. The highest BCUT2D eigenvalue weighted by molar-refractivity contribution is 8.00. The van der Waals surface area contributed by atoms with E-state index in [-0.39, 0.29) is 17.2 Å². The molecule has 3 rings (SSSR count). The van der Waals surface area contributed by atoms with Gasteiger partial charge < -0.3 is 11.2 Å². The highest BCUT2D eigenvalue weighted by Gasteiger charge is 2.30. The lowest BCUT2D eigenvalue weighted by Gasteiger charge is -2.35. The van der Waals surface area contributed by atoms with Gasteiger partial charge in [0.05, 0.1) is 10.1 Å². The number of hydrogen-bond acceptors (Lipinski definition) is 6. The fraction of sp³-hybridized carbons (Fsp3) is 0.588. The largest absolute Gasteiger partial charge is 0.352 e. The van der Waals surface area contributed by atoms with Crippen LogP contribution in [0, 0.1) is 11.8 Å². The van der Waals surface area contributed by atoms with Gasteiger partial charge >= 0.3 is 0 Å². The smallest absolute Gasteiger partial charge is 0.233 e. The second kappa shape index (κ2) is 7.78. The van der Waals surface area contributed by atoms with Crippen LogP contribution in [0.1, 0.15) is 40.0 Å². The van der Waals surface area contributed by atoms with Crippen LogP contribution in [-0.2, 0) is 4.79 Å². The summed E-state index contributed by atoms with van der Waals surface area (Å²) in [6, 6.07) is 4.16. The Hall–Kier alpha value is -1.54. The van der Waals surface area contributed by atoms with Crippen molar-refractivity contribution in [3.05, 3.63) is 17.5 Å². The summed E-state index contributed by atoms with van der Waals surface area (Å²) in [5.74, 6) is 7.94. The predicted molar refractivity (Wildman–Crippen MR) is 103 cm³/mol. The molecule has 136 valence electrons. The van der Waals surface area contributed by atoms with Gasteiger partial charge in [-0.05, 0) is 36.6 Å². The Morgan fingerprint density at radius 3 is 2.96 bits per heavy atom. The molecule has 0 aliphatic heterocycles. The van der Waals surface area contributed by atoms with E-state index in [1.54, 1.807) is 11.3 Å². The normalized spacial score (nSPS) is 24.8. The highest BCUT2D eigenvalue weighted by Crippen LogP contribution is 2.31. The topological polar surface area (TPSA) is 85.8 Å². The van der Waals surface area contributed by atoms with E-state index in [4.69, 9.17) is 5.84 Å². The lowest BCUT2D eigenvalue weighted by Crippen LogP contribution is -2.46. The summed E-state index contributed by atoms with van der Waals surface area (Å²) in [4.78, 5) is 13.5. The molecule has 2 aromatic heterocycles. The molecule has 1 aliphatic carbocycles. The molecule has 4 atom stereocenters. The maximum atomic E-state index is 12.6. The zero-order valence-corrected chi connectivity index (χ0v) is 16.4. The zero-order valence-electron chi connectivity index (χ0n) is 14.8. The number of amides is 1. The minimum atomic E-state index is -0.271. The number of thiophene rings is 1. The lowest BCUT2D eigenvalue weighted by atomic mass is 9.78. The molecule has 3 N–H and O–H groups in total. The first kappa shape index (κ1) is 18.3. The number of thioether (sulfide) groups is 1. The van der Waals surface area contributed by atoms with Crippen molar-refractivity contribution >= 4 is 29.0 Å². The fourth-order valence-corrected chi connectivity index (χ4v) is 4.71. The van der Waals surface area contributed by atoms with Gasteiger partial charge in [0.2, 0.25) is 11.1 Å². The van der Waals surface area contributed by atoms with E-state index in [1.165, 1.54) is 29.3 Å². The van der Waals surface area contributed by atoms with Crippen molar-refractivity contribution in [1.29, 1.82) is 0 Å². The van der Waals surface area contributed by atoms with E-state index in [1.807, 2.05) is 24.4 Å². The van der Waals surface area contributed by atoms with Crippen molar-refractivity contribution in [3.8, 4) is 10.7 Å². The van der Waals surface area contributed by atoms with Gasteiger partial charge in [-0.1, -0.05) is 44.5 Å². The van der Waals surface area contributed by atoms with Crippen LogP contribution in [0.3, 0.4) is 0 Å². The van der Waals surface area contributed by atoms with Crippen LogP contribution >= 0.6 is 23.1 Å². The van der Waals surface area contributed by atoms with Crippen LogP contribution in [0.25, 0.3) is 10.7 Å². The zero-order chi connectivity index (χ0) is 18.0. The fourth-order valence-electron chi connectivity index (χ4n) is 3.23. The number of nitrogens with one attached hydrogen (secondary N) is 1. The number of nitrogens with two attached hydrogens (primary N) is 1. The number of carbonyl (C=O) groups excluding carboxylic acids is 1. The Morgan fingerprint density at radius 1 is 1.44 bits per heavy atom. The van der Waals surface area contributed by atoms with Crippen LogP contribution in [0.4, 0.5) is 0 Å². The number of hydrogen-bond donors (Lipinski definition) is 2. The maximum Gasteiger partial charge on any atom is 0.233 e. The first-order valence-corrected chi connectivity index (χ1v) is 10.4.